The minimum absolute atomic E-state index is 0. The summed E-state index contributed by atoms with van der Waals surface area (Å²) in [4.78, 5) is 10.8. The van der Waals surface area contributed by atoms with E-state index in [1.54, 1.807) is 0 Å². The second-order valence-electron chi connectivity index (χ2n) is 3.51. The fourth-order valence-electron chi connectivity index (χ4n) is 1.19. The number of carbonyl (C=O) groups is 1. The molecular formula is C10H13MgNO5S. The zero-order chi connectivity index (χ0) is 13.1. The van der Waals surface area contributed by atoms with Gasteiger partial charge < -0.3 is 15.5 Å². The van der Waals surface area contributed by atoms with Crippen LogP contribution in [-0.4, -0.2) is 66.6 Å². The Labute approximate surface area is 121 Å². The summed E-state index contributed by atoms with van der Waals surface area (Å²) in [5.41, 5.74) is 0.429. The number of hydrogen-bond donors (Lipinski definition) is 3. The molecule has 1 atom stereocenters. The normalized spacial score (nSPS) is 12.3. The van der Waals surface area contributed by atoms with Crippen molar-refractivity contribution in [1.29, 1.82) is 0 Å². The van der Waals surface area contributed by atoms with Gasteiger partial charge >= 0.3 is 5.97 Å². The summed E-state index contributed by atoms with van der Waals surface area (Å²) in [6.07, 6.45) is 1.09. The molecule has 18 heavy (non-hydrogen) atoms. The molecule has 8 heteroatoms. The number of aliphatic hydroxyl groups excluding tert-OH is 1. The summed E-state index contributed by atoms with van der Waals surface area (Å²) in [5, 5.41) is 20.1. The van der Waals surface area contributed by atoms with Crippen LogP contribution in [0.25, 0.3) is 0 Å². The van der Waals surface area contributed by atoms with E-state index in [-0.39, 0.29) is 27.9 Å². The molecule has 0 bridgehead atoms. The zero-order valence-corrected chi connectivity index (χ0v) is 12.1. The molecule has 6 nitrogen and oxygen atoms in total. The third kappa shape index (κ3) is 4.81. The molecule has 96 valence electrons. The van der Waals surface area contributed by atoms with E-state index in [0.717, 1.165) is 6.26 Å². The summed E-state index contributed by atoms with van der Waals surface area (Å²) in [5.74, 6) is -1.18. The van der Waals surface area contributed by atoms with Gasteiger partial charge in [0.25, 0.3) is 0 Å². The molecule has 0 aliphatic rings. The van der Waals surface area contributed by atoms with Crippen molar-refractivity contribution >= 4 is 44.5 Å². The Morgan fingerprint density at radius 3 is 2.17 bits per heavy atom. The molecule has 1 rings (SSSR count). The van der Waals surface area contributed by atoms with E-state index in [1.807, 2.05) is 0 Å². The van der Waals surface area contributed by atoms with E-state index >= 15 is 0 Å². The average molecular weight is 284 g/mol. The van der Waals surface area contributed by atoms with E-state index in [1.165, 1.54) is 24.3 Å². The first-order valence-corrected chi connectivity index (χ1v) is 6.64. The van der Waals surface area contributed by atoms with Crippen molar-refractivity contribution in [3.63, 3.8) is 0 Å². The Hall–Kier alpha value is -0.834. The first-order valence-electron chi connectivity index (χ1n) is 4.75. The molecule has 0 fully saturated rings. The number of carboxylic acid groups (broad SMARTS) is 1. The fourth-order valence-corrected chi connectivity index (χ4v) is 1.82. The van der Waals surface area contributed by atoms with Crippen LogP contribution in [0.2, 0.25) is 0 Å². The maximum atomic E-state index is 11.2. The van der Waals surface area contributed by atoms with E-state index in [0.29, 0.717) is 5.69 Å². The number of rotatable bonds is 5. The maximum absolute atomic E-state index is 11.2. The molecule has 0 amide bonds. The van der Waals surface area contributed by atoms with Crippen LogP contribution in [0.1, 0.15) is 0 Å². The Bertz CT molecular complexity index is 500. The van der Waals surface area contributed by atoms with Crippen molar-refractivity contribution < 1.29 is 23.4 Å². The lowest BCUT2D eigenvalue weighted by Gasteiger charge is -2.13. The smallest absolute Gasteiger partial charge is 0.328 e. The Kier molecular flexibility index (Phi) is 6.61. The molecule has 1 aromatic carbocycles. The topological polar surface area (TPSA) is 104 Å². The third-order valence-electron chi connectivity index (χ3n) is 2.10. The maximum Gasteiger partial charge on any atom is 0.328 e. The van der Waals surface area contributed by atoms with Crippen molar-refractivity contribution in [3.05, 3.63) is 24.3 Å². The predicted molar refractivity (Wildman–Crippen MR) is 67.4 cm³/mol. The van der Waals surface area contributed by atoms with Gasteiger partial charge in [0, 0.05) is 35.0 Å². The van der Waals surface area contributed by atoms with Crippen LogP contribution < -0.4 is 5.32 Å². The van der Waals surface area contributed by atoms with Gasteiger partial charge in [0.05, 0.1) is 11.5 Å². The van der Waals surface area contributed by atoms with Crippen LogP contribution in [-0.2, 0) is 14.6 Å². The number of benzene rings is 1. The molecule has 3 N–H and O–H groups in total. The van der Waals surface area contributed by atoms with Gasteiger partial charge in [-0.3, -0.25) is 0 Å². The molecule has 1 aromatic rings. The highest BCUT2D eigenvalue weighted by Crippen LogP contribution is 2.14. The van der Waals surface area contributed by atoms with Crippen LogP contribution in [0.4, 0.5) is 5.69 Å². The first kappa shape index (κ1) is 17.2. The van der Waals surface area contributed by atoms with Gasteiger partial charge in [0.1, 0.15) is 6.04 Å². The Morgan fingerprint density at radius 2 is 1.83 bits per heavy atom. The van der Waals surface area contributed by atoms with Gasteiger partial charge in [-0.05, 0) is 24.3 Å². The summed E-state index contributed by atoms with van der Waals surface area (Å²) in [6, 6.07) is 4.52. The van der Waals surface area contributed by atoms with Crippen molar-refractivity contribution in [1.82, 2.24) is 0 Å². The largest absolute Gasteiger partial charge is 0.480 e. The lowest BCUT2D eigenvalue weighted by atomic mass is 10.2. The van der Waals surface area contributed by atoms with Crippen molar-refractivity contribution in [3.8, 4) is 0 Å². The third-order valence-corrected chi connectivity index (χ3v) is 3.23. The van der Waals surface area contributed by atoms with Gasteiger partial charge in [-0.25, -0.2) is 13.2 Å². The van der Waals surface area contributed by atoms with E-state index in [2.05, 4.69) is 5.32 Å². The highest BCUT2D eigenvalue weighted by molar-refractivity contribution is 7.90. The van der Waals surface area contributed by atoms with Crippen LogP contribution in [0.5, 0.6) is 0 Å². The Morgan fingerprint density at radius 1 is 1.33 bits per heavy atom. The van der Waals surface area contributed by atoms with Gasteiger partial charge in [-0.1, -0.05) is 0 Å². The van der Waals surface area contributed by atoms with Gasteiger partial charge in [0.2, 0.25) is 0 Å². The molecule has 0 saturated carbocycles. The number of sulfone groups is 1. The molecule has 2 radical (unpaired) electrons. The lowest BCUT2D eigenvalue weighted by molar-refractivity contribution is -0.138. The molecule has 0 unspecified atom stereocenters. The highest BCUT2D eigenvalue weighted by atomic mass is 32.2. The van der Waals surface area contributed by atoms with Crippen LogP contribution in [0.3, 0.4) is 0 Å². The predicted octanol–water partition coefficient (Wildman–Crippen LogP) is -0.433. The number of nitrogens with one attached hydrogen (secondary N) is 1. The molecule has 0 aliphatic carbocycles. The number of carboxylic acids is 1. The van der Waals surface area contributed by atoms with Crippen molar-refractivity contribution in [2.45, 2.75) is 10.9 Å². The van der Waals surface area contributed by atoms with E-state index in [9.17, 15) is 13.2 Å². The van der Waals surface area contributed by atoms with Crippen molar-refractivity contribution in [2.24, 2.45) is 0 Å². The summed E-state index contributed by atoms with van der Waals surface area (Å²) < 4.78 is 22.4. The number of aliphatic carboxylic acids is 1. The van der Waals surface area contributed by atoms with Gasteiger partial charge in [0.15, 0.2) is 9.84 Å². The fraction of sp³-hybridized carbons (Fsp3) is 0.300. The lowest BCUT2D eigenvalue weighted by Crippen LogP contribution is -2.32. The van der Waals surface area contributed by atoms with Gasteiger partial charge in [-0.2, -0.15) is 0 Å². The Balaban J connectivity index is 0.00000289. The number of hydrogen-bond acceptors (Lipinski definition) is 5. The van der Waals surface area contributed by atoms with Crippen LogP contribution in [0, 0.1) is 0 Å². The molecule has 0 aliphatic heterocycles. The summed E-state index contributed by atoms with van der Waals surface area (Å²) in [7, 11) is -3.26. The minimum atomic E-state index is -3.26. The standard InChI is InChI=1S/C10H13NO5S.Mg/c1-17(15,16)8-4-2-7(3-5-8)11-9(6-12)10(13)14;/h2-5,9,11-12H,6H2,1H3,(H,13,14);/t9-;/m0./s1. The van der Waals surface area contributed by atoms with E-state index in [4.69, 9.17) is 10.2 Å². The molecule has 0 aromatic heterocycles. The quantitative estimate of drug-likeness (QED) is 0.633. The van der Waals surface area contributed by atoms with E-state index < -0.39 is 28.5 Å². The molecule has 0 spiro atoms. The molecule has 0 heterocycles. The van der Waals surface area contributed by atoms with Gasteiger partial charge in [-0.15, -0.1) is 0 Å². The molecule has 0 saturated heterocycles. The second-order valence-corrected chi connectivity index (χ2v) is 5.53. The van der Waals surface area contributed by atoms with Crippen molar-refractivity contribution in [2.75, 3.05) is 18.2 Å². The van der Waals surface area contributed by atoms with Crippen LogP contribution >= 0.6 is 0 Å². The number of aliphatic hydroxyl groups is 1. The highest BCUT2D eigenvalue weighted by Gasteiger charge is 2.15. The first-order chi connectivity index (χ1) is 7.84. The monoisotopic (exact) mass is 283 g/mol. The van der Waals surface area contributed by atoms with Crippen LogP contribution in [0.15, 0.2) is 29.2 Å². The molecular weight excluding hydrogens is 270 g/mol. The average Bonchev–Trinajstić information content (AvgIpc) is 2.25. The minimum Gasteiger partial charge on any atom is -0.480 e. The second kappa shape index (κ2) is 6.93. The summed E-state index contributed by atoms with van der Waals surface area (Å²) >= 11 is 0. The SMILES string of the molecule is CS(=O)(=O)c1ccc(N[C@@H](CO)C(=O)O)cc1.[Mg]. The number of anilines is 1. The zero-order valence-electron chi connectivity index (χ0n) is 9.83. The summed E-state index contributed by atoms with van der Waals surface area (Å²) in [6.45, 7) is -0.552.